The Kier molecular flexibility index (Phi) is 2.45. The Morgan fingerprint density at radius 3 is 2.60 bits per heavy atom. The largest absolute Gasteiger partial charge is 0.368 e. The number of allylic oxidation sites excluding steroid dienone is 1. The first kappa shape index (κ1) is 7.28. The van der Waals surface area contributed by atoms with Gasteiger partial charge in [-0.3, -0.25) is 0 Å². The molecule has 2 N–H and O–H groups in total. The maximum atomic E-state index is 6.96. The van der Waals surface area contributed by atoms with Crippen LogP contribution in [0.5, 0.6) is 0 Å². The number of rotatable bonds is 2. The molecular weight excluding hydrogens is 126 g/mol. The zero-order valence-electron chi connectivity index (χ0n) is 6.06. The highest BCUT2D eigenvalue weighted by molar-refractivity contribution is 5.73. The van der Waals surface area contributed by atoms with Crippen molar-refractivity contribution in [2.24, 2.45) is 0 Å². The van der Waals surface area contributed by atoms with Crippen LogP contribution in [0.25, 0.3) is 0 Å². The molecular formula is C7H13N3. The standard InChI is InChI=1S/C7H13N3/c1-7(6-8)10-4-2-9-3-5-10/h6,8-9H,1-5H2. The molecule has 56 valence electrons. The summed E-state index contributed by atoms with van der Waals surface area (Å²) in [6, 6.07) is 0. The fourth-order valence-corrected chi connectivity index (χ4v) is 1.04. The summed E-state index contributed by atoms with van der Waals surface area (Å²) in [7, 11) is 0. The van der Waals surface area contributed by atoms with E-state index in [1.807, 2.05) is 0 Å². The summed E-state index contributed by atoms with van der Waals surface area (Å²) in [5, 5.41) is 10.2. The van der Waals surface area contributed by atoms with E-state index < -0.39 is 0 Å². The lowest BCUT2D eigenvalue weighted by molar-refractivity contribution is 0.314. The summed E-state index contributed by atoms with van der Waals surface area (Å²) in [6.45, 7) is 7.73. The van der Waals surface area contributed by atoms with E-state index in [1.54, 1.807) is 0 Å². The second kappa shape index (κ2) is 3.37. The van der Waals surface area contributed by atoms with Gasteiger partial charge in [-0.15, -0.1) is 0 Å². The molecule has 1 rings (SSSR count). The van der Waals surface area contributed by atoms with Crippen LogP contribution in [0.2, 0.25) is 0 Å². The summed E-state index contributed by atoms with van der Waals surface area (Å²) in [6.07, 6.45) is 1.31. The van der Waals surface area contributed by atoms with Crippen molar-refractivity contribution in [2.75, 3.05) is 26.2 Å². The van der Waals surface area contributed by atoms with Gasteiger partial charge in [0.25, 0.3) is 0 Å². The lowest BCUT2D eigenvalue weighted by Gasteiger charge is -2.28. The minimum Gasteiger partial charge on any atom is -0.368 e. The second-order valence-electron chi connectivity index (χ2n) is 2.37. The van der Waals surface area contributed by atoms with Crippen LogP contribution in [-0.2, 0) is 0 Å². The van der Waals surface area contributed by atoms with Gasteiger partial charge in [-0.2, -0.15) is 0 Å². The molecule has 0 aromatic carbocycles. The molecule has 0 aromatic rings. The lowest BCUT2D eigenvalue weighted by atomic mass is 10.3. The van der Waals surface area contributed by atoms with E-state index in [9.17, 15) is 0 Å². The molecule has 1 saturated heterocycles. The molecule has 10 heavy (non-hydrogen) atoms. The van der Waals surface area contributed by atoms with Gasteiger partial charge in [0.15, 0.2) is 0 Å². The van der Waals surface area contributed by atoms with Crippen LogP contribution >= 0.6 is 0 Å². The molecule has 0 atom stereocenters. The molecule has 3 heteroatoms. The summed E-state index contributed by atoms with van der Waals surface area (Å²) in [4.78, 5) is 2.11. The summed E-state index contributed by atoms with van der Waals surface area (Å²) >= 11 is 0. The van der Waals surface area contributed by atoms with E-state index in [1.165, 1.54) is 6.21 Å². The van der Waals surface area contributed by atoms with Crippen LogP contribution in [0.3, 0.4) is 0 Å². The Bertz CT molecular complexity index is 136. The first-order chi connectivity index (χ1) is 4.84. The normalized spacial score (nSPS) is 18.6. The fraction of sp³-hybridized carbons (Fsp3) is 0.571. The Morgan fingerprint density at radius 2 is 2.10 bits per heavy atom. The van der Waals surface area contributed by atoms with Gasteiger partial charge in [-0.1, -0.05) is 6.58 Å². The van der Waals surface area contributed by atoms with Gasteiger partial charge in [-0.05, 0) is 0 Å². The van der Waals surface area contributed by atoms with Gasteiger partial charge in [0, 0.05) is 38.1 Å². The van der Waals surface area contributed by atoms with Crippen LogP contribution in [0.4, 0.5) is 0 Å². The second-order valence-corrected chi connectivity index (χ2v) is 2.37. The van der Waals surface area contributed by atoms with Gasteiger partial charge in [0.1, 0.15) is 0 Å². The van der Waals surface area contributed by atoms with E-state index >= 15 is 0 Å². The Balaban J connectivity index is 2.38. The predicted molar refractivity (Wildman–Crippen MR) is 42.4 cm³/mol. The average Bonchev–Trinajstić information content (AvgIpc) is 2.05. The maximum absolute atomic E-state index is 6.96. The molecule has 1 heterocycles. The molecule has 0 spiro atoms. The van der Waals surface area contributed by atoms with Gasteiger partial charge in [0.05, 0.1) is 0 Å². The first-order valence-electron chi connectivity index (χ1n) is 3.49. The molecule has 0 amide bonds. The molecule has 1 aliphatic rings. The molecule has 0 unspecified atom stereocenters. The van der Waals surface area contributed by atoms with Crippen molar-refractivity contribution in [1.82, 2.24) is 10.2 Å². The zero-order valence-corrected chi connectivity index (χ0v) is 6.06. The number of piperazine rings is 1. The van der Waals surface area contributed by atoms with Gasteiger partial charge in [-0.25, -0.2) is 0 Å². The van der Waals surface area contributed by atoms with Crippen molar-refractivity contribution in [3.05, 3.63) is 12.3 Å². The Labute approximate surface area is 61.2 Å². The van der Waals surface area contributed by atoms with Crippen LogP contribution in [0, 0.1) is 5.41 Å². The number of nitrogens with one attached hydrogen (secondary N) is 2. The number of nitrogens with zero attached hydrogens (tertiary/aromatic N) is 1. The summed E-state index contributed by atoms with van der Waals surface area (Å²) < 4.78 is 0. The quantitative estimate of drug-likeness (QED) is 0.531. The van der Waals surface area contributed by atoms with E-state index in [2.05, 4.69) is 16.8 Å². The van der Waals surface area contributed by atoms with Crippen molar-refractivity contribution in [3.8, 4) is 0 Å². The van der Waals surface area contributed by atoms with E-state index in [0.29, 0.717) is 0 Å². The molecule has 0 aliphatic carbocycles. The van der Waals surface area contributed by atoms with Gasteiger partial charge < -0.3 is 15.6 Å². The molecule has 0 aromatic heterocycles. The molecule has 1 fully saturated rings. The third-order valence-corrected chi connectivity index (χ3v) is 1.69. The molecule has 3 nitrogen and oxygen atoms in total. The van der Waals surface area contributed by atoms with Crippen molar-refractivity contribution >= 4 is 6.21 Å². The number of hydrogen-bond donors (Lipinski definition) is 2. The summed E-state index contributed by atoms with van der Waals surface area (Å²) in [5.74, 6) is 0. The van der Waals surface area contributed by atoms with Crippen LogP contribution in [0.15, 0.2) is 12.3 Å². The summed E-state index contributed by atoms with van der Waals surface area (Å²) in [5.41, 5.74) is 0.821. The Hall–Kier alpha value is -0.830. The van der Waals surface area contributed by atoms with Gasteiger partial charge in [0.2, 0.25) is 0 Å². The molecule has 0 radical (unpaired) electrons. The minimum absolute atomic E-state index is 0.821. The lowest BCUT2D eigenvalue weighted by Crippen LogP contribution is -2.42. The van der Waals surface area contributed by atoms with Crippen molar-refractivity contribution in [2.45, 2.75) is 0 Å². The third-order valence-electron chi connectivity index (χ3n) is 1.69. The monoisotopic (exact) mass is 139 g/mol. The Morgan fingerprint density at radius 1 is 1.50 bits per heavy atom. The van der Waals surface area contributed by atoms with E-state index in [-0.39, 0.29) is 0 Å². The molecule has 1 aliphatic heterocycles. The van der Waals surface area contributed by atoms with E-state index in [0.717, 1.165) is 31.9 Å². The highest BCUT2D eigenvalue weighted by Gasteiger charge is 2.08. The van der Waals surface area contributed by atoms with Gasteiger partial charge >= 0.3 is 0 Å². The zero-order chi connectivity index (χ0) is 7.40. The predicted octanol–water partition coefficient (Wildman–Crippen LogP) is 0.0549. The van der Waals surface area contributed by atoms with Crippen LogP contribution in [-0.4, -0.2) is 37.3 Å². The average molecular weight is 139 g/mol. The number of hydrogen-bond acceptors (Lipinski definition) is 3. The molecule has 0 bridgehead atoms. The van der Waals surface area contributed by atoms with Crippen LogP contribution < -0.4 is 5.32 Å². The first-order valence-corrected chi connectivity index (χ1v) is 3.49. The smallest absolute Gasteiger partial charge is 0.0472 e. The maximum Gasteiger partial charge on any atom is 0.0472 e. The van der Waals surface area contributed by atoms with Crippen molar-refractivity contribution in [1.29, 1.82) is 5.41 Å². The topological polar surface area (TPSA) is 39.1 Å². The SMILES string of the molecule is C=C(C=N)N1CCNCC1. The third kappa shape index (κ3) is 1.57. The fourth-order valence-electron chi connectivity index (χ4n) is 1.04. The highest BCUT2D eigenvalue weighted by atomic mass is 15.2. The van der Waals surface area contributed by atoms with Crippen molar-refractivity contribution in [3.63, 3.8) is 0 Å². The molecule has 0 saturated carbocycles. The van der Waals surface area contributed by atoms with Crippen LogP contribution in [0.1, 0.15) is 0 Å². The van der Waals surface area contributed by atoms with E-state index in [4.69, 9.17) is 5.41 Å². The van der Waals surface area contributed by atoms with Crippen molar-refractivity contribution < 1.29 is 0 Å². The minimum atomic E-state index is 0.821. The highest BCUT2D eigenvalue weighted by Crippen LogP contribution is 1.98.